The highest BCUT2D eigenvalue weighted by Gasteiger charge is 2.48. The highest BCUT2D eigenvalue weighted by molar-refractivity contribution is 5.35. The monoisotopic (exact) mass is 231 g/mol. The van der Waals surface area contributed by atoms with Crippen LogP contribution in [0.15, 0.2) is 24.3 Å². The molecular formula is C15H21NO. The van der Waals surface area contributed by atoms with Crippen LogP contribution in [0.1, 0.15) is 31.2 Å². The summed E-state index contributed by atoms with van der Waals surface area (Å²) in [6, 6.07) is 8.28. The van der Waals surface area contributed by atoms with Crippen molar-refractivity contribution in [1.82, 2.24) is 0 Å². The number of benzene rings is 1. The number of nitrogens with two attached hydrogens (primary N) is 1. The Kier molecular flexibility index (Phi) is 2.62. The smallest absolute Gasteiger partial charge is 0.122 e. The van der Waals surface area contributed by atoms with E-state index in [4.69, 9.17) is 10.5 Å². The molecule has 3 atom stereocenters. The summed E-state index contributed by atoms with van der Waals surface area (Å²) >= 11 is 0. The molecule has 0 aromatic heterocycles. The predicted octanol–water partition coefficient (Wildman–Crippen LogP) is 2.76. The number of methoxy groups -OCH3 is 1. The second-order valence-corrected chi connectivity index (χ2v) is 5.80. The molecule has 0 radical (unpaired) electrons. The van der Waals surface area contributed by atoms with Gasteiger partial charge in [-0.1, -0.05) is 24.6 Å². The summed E-state index contributed by atoms with van der Waals surface area (Å²) < 4.78 is 5.43. The quantitative estimate of drug-likeness (QED) is 0.868. The Bertz CT molecular complexity index is 417. The van der Waals surface area contributed by atoms with E-state index in [1.54, 1.807) is 7.11 Å². The summed E-state index contributed by atoms with van der Waals surface area (Å²) in [6.45, 7) is 0. The number of para-hydroxylation sites is 1. The van der Waals surface area contributed by atoms with E-state index in [0.29, 0.717) is 0 Å². The summed E-state index contributed by atoms with van der Waals surface area (Å²) in [5, 5.41) is 0. The van der Waals surface area contributed by atoms with Crippen LogP contribution in [-0.4, -0.2) is 12.6 Å². The fourth-order valence-corrected chi connectivity index (χ4v) is 3.91. The highest BCUT2D eigenvalue weighted by Crippen LogP contribution is 2.51. The third-order valence-electron chi connectivity index (χ3n) is 4.74. The minimum absolute atomic E-state index is 0.0253. The first-order valence-corrected chi connectivity index (χ1v) is 6.62. The topological polar surface area (TPSA) is 35.2 Å². The minimum atomic E-state index is 0.0253. The molecule has 0 amide bonds. The standard InChI is InChI=1S/C15H21NO/c1-17-14-5-3-2-4-12(14)10-15(16)9-11-6-7-13(15)8-11/h2-5,11,13H,6-10,16H2,1H3. The maximum Gasteiger partial charge on any atom is 0.122 e. The largest absolute Gasteiger partial charge is 0.496 e. The molecule has 0 saturated heterocycles. The first kappa shape index (κ1) is 11.1. The van der Waals surface area contributed by atoms with Crippen LogP contribution in [-0.2, 0) is 6.42 Å². The molecule has 2 aliphatic carbocycles. The van der Waals surface area contributed by atoms with Crippen LogP contribution in [0.5, 0.6) is 5.75 Å². The Morgan fingerprint density at radius 1 is 1.35 bits per heavy atom. The van der Waals surface area contributed by atoms with Gasteiger partial charge < -0.3 is 10.5 Å². The highest BCUT2D eigenvalue weighted by atomic mass is 16.5. The van der Waals surface area contributed by atoms with E-state index < -0.39 is 0 Å². The Morgan fingerprint density at radius 3 is 2.82 bits per heavy atom. The zero-order valence-electron chi connectivity index (χ0n) is 10.5. The number of hydrogen-bond acceptors (Lipinski definition) is 2. The Hall–Kier alpha value is -1.02. The lowest BCUT2D eigenvalue weighted by Crippen LogP contribution is -2.46. The van der Waals surface area contributed by atoms with Crippen molar-refractivity contribution < 1.29 is 4.74 Å². The molecule has 2 fully saturated rings. The Balaban J connectivity index is 1.83. The van der Waals surface area contributed by atoms with Gasteiger partial charge in [0, 0.05) is 5.54 Å². The summed E-state index contributed by atoms with van der Waals surface area (Å²) in [5.41, 5.74) is 7.94. The van der Waals surface area contributed by atoms with Crippen LogP contribution >= 0.6 is 0 Å². The Labute approximate surface area is 103 Å². The summed E-state index contributed by atoms with van der Waals surface area (Å²) in [4.78, 5) is 0. The molecule has 3 unspecified atom stereocenters. The second kappa shape index (κ2) is 4.02. The van der Waals surface area contributed by atoms with E-state index in [1.807, 2.05) is 12.1 Å². The third-order valence-corrected chi connectivity index (χ3v) is 4.74. The van der Waals surface area contributed by atoms with E-state index in [-0.39, 0.29) is 5.54 Å². The van der Waals surface area contributed by atoms with E-state index in [0.717, 1.165) is 24.0 Å². The molecule has 1 aromatic carbocycles. The van der Waals surface area contributed by atoms with Crippen LogP contribution in [0.3, 0.4) is 0 Å². The molecule has 17 heavy (non-hydrogen) atoms. The number of ether oxygens (including phenoxy) is 1. The lowest BCUT2D eigenvalue weighted by Gasteiger charge is -2.34. The molecule has 2 heteroatoms. The van der Waals surface area contributed by atoms with E-state index in [1.165, 1.54) is 31.2 Å². The van der Waals surface area contributed by atoms with Gasteiger partial charge in [-0.15, -0.1) is 0 Å². The predicted molar refractivity (Wildman–Crippen MR) is 69.1 cm³/mol. The molecule has 2 aliphatic rings. The van der Waals surface area contributed by atoms with Gasteiger partial charge in [0.05, 0.1) is 7.11 Å². The second-order valence-electron chi connectivity index (χ2n) is 5.80. The first-order valence-electron chi connectivity index (χ1n) is 6.62. The van der Waals surface area contributed by atoms with Gasteiger partial charge in [-0.3, -0.25) is 0 Å². The summed E-state index contributed by atoms with van der Waals surface area (Å²) in [7, 11) is 1.74. The molecule has 0 heterocycles. The first-order chi connectivity index (χ1) is 8.21. The Morgan fingerprint density at radius 2 is 2.18 bits per heavy atom. The third kappa shape index (κ3) is 1.85. The van der Waals surface area contributed by atoms with Crippen molar-refractivity contribution in [3.63, 3.8) is 0 Å². The van der Waals surface area contributed by atoms with Crippen molar-refractivity contribution in [3.05, 3.63) is 29.8 Å². The summed E-state index contributed by atoms with van der Waals surface area (Å²) in [6.07, 6.45) is 6.26. The maximum absolute atomic E-state index is 6.64. The van der Waals surface area contributed by atoms with Crippen molar-refractivity contribution in [2.75, 3.05) is 7.11 Å². The van der Waals surface area contributed by atoms with Crippen molar-refractivity contribution in [3.8, 4) is 5.75 Å². The lowest BCUT2D eigenvalue weighted by molar-refractivity contribution is 0.266. The number of fused-ring (bicyclic) bond motifs is 2. The van der Waals surface area contributed by atoms with Crippen molar-refractivity contribution >= 4 is 0 Å². The molecular weight excluding hydrogens is 210 g/mol. The van der Waals surface area contributed by atoms with Crippen molar-refractivity contribution in [2.45, 2.75) is 37.6 Å². The fraction of sp³-hybridized carbons (Fsp3) is 0.600. The summed E-state index contributed by atoms with van der Waals surface area (Å²) in [5.74, 6) is 2.61. The van der Waals surface area contributed by atoms with E-state index in [9.17, 15) is 0 Å². The average Bonchev–Trinajstić information content (AvgIpc) is 2.89. The van der Waals surface area contributed by atoms with Gasteiger partial charge in [0.15, 0.2) is 0 Å². The van der Waals surface area contributed by atoms with Gasteiger partial charge in [-0.05, 0) is 49.1 Å². The molecule has 0 spiro atoms. The van der Waals surface area contributed by atoms with Crippen LogP contribution in [0.25, 0.3) is 0 Å². The molecule has 2 saturated carbocycles. The molecule has 92 valence electrons. The van der Waals surface area contributed by atoms with Gasteiger partial charge in [0.2, 0.25) is 0 Å². The van der Waals surface area contributed by atoms with Crippen LogP contribution in [0, 0.1) is 11.8 Å². The van der Waals surface area contributed by atoms with Gasteiger partial charge in [0.1, 0.15) is 5.75 Å². The minimum Gasteiger partial charge on any atom is -0.496 e. The van der Waals surface area contributed by atoms with Gasteiger partial charge in [-0.25, -0.2) is 0 Å². The molecule has 2 nitrogen and oxygen atoms in total. The molecule has 1 aromatic rings. The van der Waals surface area contributed by atoms with E-state index >= 15 is 0 Å². The van der Waals surface area contributed by atoms with Gasteiger partial charge >= 0.3 is 0 Å². The zero-order chi connectivity index (χ0) is 11.9. The van der Waals surface area contributed by atoms with Gasteiger partial charge in [0.25, 0.3) is 0 Å². The van der Waals surface area contributed by atoms with Crippen molar-refractivity contribution in [1.29, 1.82) is 0 Å². The SMILES string of the molecule is COc1ccccc1CC1(N)CC2CCC1C2. The van der Waals surface area contributed by atoms with Crippen LogP contribution in [0.2, 0.25) is 0 Å². The number of hydrogen-bond donors (Lipinski definition) is 1. The molecule has 2 N–H and O–H groups in total. The maximum atomic E-state index is 6.64. The zero-order valence-corrected chi connectivity index (χ0v) is 10.5. The van der Waals surface area contributed by atoms with Gasteiger partial charge in [-0.2, -0.15) is 0 Å². The lowest BCUT2D eigenvalue weighted by atomic mass is 9.77. The molecule has 3 rings (SSSR count). The van der Waals surface area contributed by atoms with Crippen LogP contribution in [0.4, 0.5) is 0 Å². The number of rotatable bonds is 3. The molecule has 0 aliphatic heterocycles. The van der Waals surface area contributed by atoms with Crippen molar-refractivity contribution in [2.24, 2.45) is 17.6 Å². The fourth-order valence-electron chi connectivity index (χ4n) is 3.91. The van der Waals surface area contributed by atoms with Crippen LogP contribution < -0.4 is 10.5 Å². The average molecular weight is 231 g/mol. The molecule has 2 bridgehead atoms. The van der Waals surface area contributed by atoms with E-state index in [2.05, 4.69) is 12.1 Å². The normalized spacial score (nSPS) is 35.2.